The first-order valence-corrected chi connectivity index (χ1v) is 6.86. The number of hydrogen-bond donors (Lipinski definition) is 1. The largest absolute Gasteiger partial charge is 1.00 e. The summed E-state index contributed by atoms with van der Waals surface area (Å²) in [6, 6.07) is 8.79. The Hall–Kier alpha value is 0.01000. The van der Waals surface area contributed by atoms with Crippen LogP contribution < -0.4 is 30.1 Å². The summed E-state index contributed by atoms with van der Waals surface area (Å²) >= 11 is 5.96. The van der Waals surface area contributed by atoms with Crippen LogP contribution in [0, 0.1) is 0 Å². The highest BCUT2D eigenvalue weighted by Crippen LogP contribution is 2.16. The predicted molar refractivity (Wildman–Crippen MR) is 73.4 cm³/mol. The molecule has 5 heteroatoms. The average Bonchev–Trinajstić information content (AvgIpc) is 2.77. The van der Waals surface area contributed by atoms with Crippen LogP contribution in [-0.4, -0.2) is 30.6 Å². The van der Waals surface area contributed by atoms with E-state index in [4.69, 9.17) is 11.6 Å². The summed E-state index contributed by atoms with van der Waals surface area (Å²) in [6.07, 6.45) is 2.67. The monoisotopic (exact) mass is 322 g/mol. The fourth-order valence-corrected chi connectivity index (χ4v) is 2.79. The molecule has 1 unspecified atom stereocenters. The van der Waals surface area contributed by atoms with Crippen molar-refractivity contribution in [3.63, 3.8) is 0 Å². The molecule has 1 atom stereocenters. The summed E-state index contributed by atoms with van der Waals surface area (Å²) in [5, 5.41) is 4.35. The topological polar surface area (TPSA) is 15.3 Å². The smallest absolute Gasteiger partial charge is 0.0409 e. The summed E-state index contributed by atoms with van der Waals surface area (Å²) < 4.78 is 0. The van der Waals surface area contributed by atoms with E-state index in [1.165, 1.54) is 31.5 Å². The maximum Gasteiger partial charge on any atom is 0.0409 e. The zero-order chi connectivity index (χ0) is 12.1. The molecule has 0 aliphatic carbocycles. The minimum Gasteiger partial charge on any atom is -1.00 e. The fourth-order valence-electron chi connectivity index (χ4n) is 2.57. The quantitative estimate of drug-likeness (QED) is 0.618. The van der Waals surface area contributed by atoms with Gasteiger partial charge in [-0.15, -0.1) is 0 Å². The van der Waals surface area contributed by atoms with Gasteiger partial charge in [0.25, 0.3) is 0 Å². The Bertz CT molecular complexity index is 360. The number of halogens is 3. The van der Waals surface area contributed by atoms with Gasteiger partial charge in [-0.1, -0.05) is 30.7 Å². The van der Waals surface area contributed by atoms with E-state index in [1.807, 2.05) is 18.2 Å². The van der Waals surface area contributed by atoms with Gasteiger partial charge in [-0.25, -0.2) is 0 Å². The fraction of sp³-hybridized carbons (Fsp3) is 0.571. The van der Waals surface area contributed by atoms with E-state index >= 15 is 0 Å². The van der Waals surface area contributed by atoms with E-state index in [1.54, 1.807) is 0 Å². The molecule has 1 heterocycles. The van der Waals surface area contributed by atoms with Gasteiger partial charge in [-0.3, -0.25) is 4.90 Å². The maximum absolute atomic E-state index is 5.96. The molecule has 19 heavy (non-hydrogen) atoms. The first-order chi connectivity index (χ1) is 8.29. The highest BCUT2D eigenvalue weighted by atomic mass is 35.5. The summed E-state index contributed by atoms with van der Waals surface area (Å²) in [5.41, 5.74) is 1.26. The van der Waals surface area contributed by atoms with E-state index in [0.29, 0.717) is 0 Å². The molecule has 1 aliphatic heterocycles. The second-order valence-electron chi connectivity index (χ2n) is 4.69. The van der Waals surface area contributed by atoms with Gasteiger partial charge >= 0.3 is 0 Å². The first-order valence-electron chi connectivity index (χ1n) is 6.49. The zero-order valence-corrected chi connectivity index (χ0v) is 13.5. The molecule has 0 radical (unpaired) electrons. The molecule has 0 spiro atoms. The summed E-state index contributed by atoms with van der Waals surface area (Å²) in [6.45, 7) is 6.67. The highest BCUT2D eigenvalue weighted by Gasteiger charge is 2.21. The number of likely N-dealkylation sites (N-methyl/N-ethyl adjacent to an activating group) is 1. The lowest BCUT2D eigenvalue weighted by Gasteiger charge is -2.23. The molecule has 1 saturated heterocycles. The maximum atomic E-state index is 5.96. The molecule has 1 N–H and O–H groups in total. The Kier molecular flexibility index (Phi) is 9.85. The van der Waals surface area contributed by atoms with Crippen molar-refractivity contribution < 1.29 is 24.8 Å². The van der Waals surface area contributed by atoms with Crippen LogP contribution in [0.1, 0.15) is 25.3 Å². The number of likely N-dealkylation sites (tertiary alicyclic amines) is 1. The molecule has 0 amide bonds. The molecule has 0 saturated carbocycles. The number of hydrogen-bond acceptors (Lipinski definition) is 2. The van der Waals surface area contributed by atoms with Crippen molar-refractivity contribution in [1.82, 2.24) is 10.2 Å². The normalized spacial score (nSPS) is 18.7. The van der Waals surface area contributed by atoms with Crippen molar-refractivity contribution >= 4 is 11.6 Å². The molecule has 2 nitrogen and oxygen atoms in total. The van der Waals surface area contributed by atoms with Crippen LogP contribution in [0.5, 0.6) is 0 Å². The number of nitrogens with zero attached hydrogens (tertiary/aromatic N) is 1. The van der Waals surface area contributed by atoms with Crippen molar-refractivity contribution in [1.29, 1.82) is 0 Å². The summed E-state index contributed by atoms with van der Waals surface area (Å²) in [4.78, 5) is 2.56. The lowest BCUT2D eigenvalue weighted by Crippen LogP contribution is -3.00. The minimum absolute atomic E-state index is 0. The highest BCUT2D eigenvalue weighted by molar-refractivity contribution is 6.30. The van der Waals surface area contributed by atoms with E-state index in [9.17, 15) is 0 Å². The number of nitrogens with one attached hydrogen (secondary N) is 1. The lowest BCUT2D eigenvalue weighted by molar-refractivity contribution is -0.00100. The van der Waals surface area contributed by atoms with Crippen molar-refractivity contribution in [3.8, 4) is 0 Å². The van der Waals surface area contributed by atoms with Gasteiger partial charge in [0.2, 0.25) is 0 Å². The van der Waals surface area contributed by atoms with Crippen LogP contribution in [0.2, 0.25) is 5.02 Å². The Morgan fingerprint density at radius 3 is 2.84 bits per heavy atom. The third-order valence-electron chi connectivity index (χ3n) is 3.50. The van der Waals surface area contributed by atoms with Crippen molar-refractivity contribution in [2.75, 3.05) is 19.6 Å². The van der Waals surface area contributed by atoms with Gasteiger partial charge in [-0.05, 0) is 43.6 Å². The molecule has 110 valence electrons. The van der Waals surface area contributed by atoms with Crippen LogP contribution in [0.15, 0.2) is 24.3 Å². The number of benzene rings is 1. The summed E-state index contributed by atoms with van der Waals surface area (Å²) in [7, 11) is 0. The minimum atomic E-state index is 0. The zero-order valence-electron chi connectivity index (χ0n) is 11.2. The van der Waals surface area contributed by atoms with Gasteiger partial charge < -0.3 is 30.1 Å². The molecule has 1 fully saturated rings. The van der Waals surface area contributed by atoms with Crippen molar-refractivity contribution in [2.45, 2.75) is 32.4 Å². The van der Waals surface area contributed by atoms with Gasteiger partial charge in [0.1, 0.15) is 0 Å². The summed E-state index contributed by atoms with van der Waals surface area (Å²) in [5.74, 6) is 0. The molecule has 1 aromatic carbocycles. The van der Waals surface area contributed by atoms with E-state index in [-0.39, 0.29) is 24.8 Å². The van der Waals surface area contributed by atoms with Gasteiger partial charge in [0.15, 0.2) is 0 Å². The van der Waals surface area contributed by atoms with Gasteiger partial charge in [-0.2, -0.15) is 0 Å². The third kappa shape index (κ3) is 5.88. The van der Waals surface area contributed by atoms with E-state index in [0.717, 1.165) is 24.2 Å². The van der Waals surface area contributed by atoms with E-state index in [2.05, 4.69) is 23.2 Å². The molecule has 1 aliphatic rings. The van der Waals surface area contributed by atoms with E-state index < -0.39 is 0 Å². The molecular weight excluding hydrogens is 303 g/mol. The predicted octanol–water partition coefficient (Wildman–Crippen LogP) is -3.08. The Morgan fingerprint density at radius 1 is 1.37 bits per heavy atom. The molecule has 2 rings (SSSR count). The van der Waals surface area contributed by atoms with Crippen LogP contribution in [-0.2, 0) is 6.54 Å². The molecule has 1 aromatic rings. The first kappa shape index (κ1) is 19.0. The second-order valence-corrected chi connectivity index (χ2v) is 5.12. The average molecular weight is 324 g/mol. The third-order valence-corrected chi connectivity index (χ3v) is 3.74. The second kappa shape index (κ2) is 9.84. The van der Waals surface area contributed by atoms with Crippen molar-refractivity contribution in [3.05, 3.63) is 34.9 Å². The molecular formula is C14H21Cl3N2-2. The lowest BCUT2D eigenvalue weighted by atomic mass is 10.2. The molecule has 0 aromatic heterocycles. The Balaban J connectivity index is 0.00000162. The Labute approximate surface area is 133 Å². The molecule has 0 bridgehead atoms. The van der Waals surface area contributed by atoms with Crippen LogP contribution in [0.25, 0.3) is 0 Å². The van der Waals surface area contributed by atoms with Crippen LogP contribution in [0.3, 0.4) is 0 Å². The SMILES string of the molecule is CCN1CCCC1CNCc1cccc(Cl)c1.[Cl-].[Cl-]. The van der Waals surface area contributed by atoms with Gasteiger partial charge in [0.05, 0.1) is 0 Å². The van der Waals surface area contributed by atoms with Crippen LogP contribution >= 0.6 is 11.6 Å². The Morgan fingerprint density at radius 2 is 2.16 bits per heavy atom. The number of rotatable bonds is 5. The van der Waals surface area contributed by atoms with Gasteiger partial charge in [0, 0.05) is 24.2 Å². The van der Waals surface area contributed by atoms with Crippen LogP contribution in [0.4, 0.5) is 0 Å². The standard InChI is InChI=1S/C14H21ClN2.2ClH/c1-2-17-8-4-7-14(17)11-16-10-12-5-3-6-13(15)9-12;;/h3,5-6,9,14,16H,2,4,7-8,10-11H2,1H3;2*1H/p-2. The van der Waals surface area contributed by atoms with Crippen molar-refractivity contribution in [2.24, 2.45) is 0 Å².